The first-order chi connectivity index (χ1) is 6.27. The number of halogens is 1. The van der Waals surface area contributed by atoms with Gasteiger partial charge in [0.1, 0.15) is 0 Å². The maximum atomic E-state index is 11.8. The Morgan fingerprint density at radius 2 is 2.23 bits per heavy atom. The van der Waals surface area contributed by atoms with E-state index in [1.54, 1.807) is 0 Å². The molecule has 1 N–H and O–H groups in total. The highest BCUT2D eigenvalue weighted by atomic mass is 79.9. The fraction of sp³-hybridized carbons (Fsp3) is 0.889. The summed E-state index contributed by atoms with van der Waals surface area (Å²) in [7, 11) is 0. The van der Waals surface area contributed by atoms with Gasteiger partial charge in [0.25, 0.3) is 0 Å². The number of nitrogens with one attached hydrogen (secondary N) is 1. The number of rotatable bonds is 1. The van der Waals surface area contributed by atoms with E-state index in [-0.39, 0.29) is 5.41 Å². The minimum absolute atomic E-state index is 0.00366. The average Bonchev–Trinajstić information content (AvgIpc) is 2.45. The lowest BCUT2D eigenvalue weighted by Crippen LogP contribution is -2.35. The Balaban J connectivity index is 2.08. The molecule has 1 atom stereocenters. The van der Waals surface area contributed by atoms with Crippen molar-refractivity contribution in [3.63, 3.8) is 0 Å². The van der Waals surface area contributed by atoms with Crippen LogP contribution in [0.5, 0.6) is 0 Å². The summed E-state index contributed by atoms with van der Waals surface area (Å²) in [6.45, 7) is 0. The van der Waals surface area contributed by atoms with Crippen LogP contribution in [0.3, 0.4) is 0 Å². The fourth-order valence-corrected chi connectivity index (χ4v) is 3.91. The van der Waals surface area contributed by atoms with E-state index in [4.69, 9.17) is 0 Å². The lowest BCUT2D eigenvalue weighted by Gasteiger charge is -2.29. The summed E-state index contributed by atoms with van der Waals surface area (Å²) in [6.07, 6.45) is 3.19. The zero-order valence-electron chi connectivity index (χ0n) is 7.51. The van der Waals surface area contributed by atoms with Crippen LogP contribution in [0.25, 0.3) is 0 Å². The van der Waals surface area contributed by atoms with E-state index in [1.807, 2.05) is 11.8 Å². The predicted octanol–water partition coefficient (Wildman–Crippen LogP) is 1.78. The average molecular weight is 264 g/mol. The van der Waals surface area contributed by atoms with E-state index < -0.39 is 0 Å². The quantitative estimate of drug-likeness (QED) is 0.731. The molecule has 0 saturated carbocycles. The van der Waals surface area contributed by atoms with Gasteiger partial charge >= 0.3 is 0 Å². The largest absolute Gasteiger partial charge is 0.352 e. The monoisotopic (exact) mass is 263 g/mol. The summed E-state index contributed by atoms with van der Waals surface area (Å²) in [5.74, 6) is 2.61. The smallest absolute Gasteiger partial charge is 0.226 e. The zero-order chi connectivity index (χ0) is 9.31. The molecule has 0 aromatic carbocycles. The molecule has 2 rings (SSSR count). The molecule has 0 aromatic rings. The van der Waals surface area contributed by atoms with Crippen molar-refractivity contribution >= 4 is 33.6 Å². The second-order valence-electron chi connectivity index (χ2n) is 3.92. The first kappa shape index (κ1) is 9.84. The van der Waals surface area contributed by atoms with E-state index in [9.17, 15) is 4.79 Å². The number of carbonyl (C=O) groups is 1. The van der Waals surface area contributed by atoms with Gasteiger partial charge in [0.05, 0.1) is 5.41 Å². The molecule has 74 valence electrons. The molecule has 1 unspecified atom stereocenters. The van der Waals surface area contributed by atoms with Crippen molar-refractivity contribution in [3.8, 4) is 0 Å². The summed E-state index contributed by atoms with van der Waals surface area (Å²) >= 11 is 5.41. The predicted molar refractivity (Wildman–Crippen MR) is 59.3 cm³/mol. The van der Waals surface area contributed by atoms with Crippen molar-refractivity contribution in [3.05, 3.63) is 0 Å². The Morgan fingerprint density at radius 3 is 2.77 bits per heavy atom. The molecule has 0 bridgehead atoms. The molecule has 13 heavy (non-hydrogen) atoms. The van der Waals surface area contributed by atoms with Crippen LogP contribution in [0.2, 0.25) is 0 Å². The second-order valence-corrected chi connectivity index (χ2v) is 5.79. The van der Waals surface area contributed by atoms with Gasteiger partial charge in [-0.2, -0.15) is 11.8 Å². The first-order valence-electron chi connectivity index (χ1n) is 4.71. The number of hydrogen-bond acceptors (Lipinski definition) is 2. The van der Waals surface area contributed by atoms with Crippen LogP contribution in [-0.2, 0) is 4.79 Å². The molecular formula is C9H14BrNOS. The number of hydrogen-bond donors (Lipinski definition) is 1. The third kappa shape index (κ3) is 1.75. The third-order valence-corrected chi connectivity index (χ3v) is 4.86. The highest BCUT2D eigenvalue weighted by Gasteiger charge is 2.46. The fourth-order valence-electron chi connectivity index (χ4n) is 2.24. The number of carbonyl (C=O) groups excluding carboxylic acids is 1. The molecular weight excluding hydrogens is 250 g/mol. The minimum atomic E-state index is 0.00366. The number of thioether (sulfide) groups is 1. The van der Waals surface area contributed by atoms with Crippen molar-refractivity contribution in [2.45, 2.75) is 25.3 Å². The van der Waals surface area contributed by atoms with Crippen LogP contribution >= 0.6 is 27.7 Å². The van der Waals surface area contributed by atoms with Gasteiger partial charge in [0.2, 0.25) is 5.91 Å². The van der Waals surface area contributed by atoms with Gasteiger partial charge in [-0.15, -0.1) is 0 Å². The lowest BCUT2D eigenvalue weighted by atomic mass is 9.79. The molecule has 0 aromatic heterocycles. The molecule has 1 amide bonds. The SMILES string of the molecule is O=C1NC(CBr)CC12CCSCC2. The molecule has 1 spiro atoms. The van der Waals surface area contributed by atoms with E-state index in [0.717, 1.165) is 36.1 Å². The number of amides is 1. The van der Waals surface area contributed by atoms with Crippen LogP contribution in [-0.4, -0.2) is 28.8 Å². The third-order valence-electron chi connectivity index (χ3n) is 3.09. The second kappa shape index (κ2) is 3.81. The molecule has 0 aliphatic carbocycles. The highest BCUT2D eigenvalue weighted by molar-refractivity contribution is 9.09. The van der Waals surface area contributed by atoms with Gasteiger partial charge in [-0.25, -0.2) is 0 Å². The molecule has 2 saturated heterocycles. The van der Waals surface area contributed by atoms with E-state index >= 15 is 0 Å². The molecule has 2 aliphatic heterocycles. The summed E-state index contributed by atoms with van der Waals surface area (Å²) < 4.78 is 0. The maximum Gasteiger partial charge on any atom is 0.226 e. The molecule has 0 radical (unpaired) electrons. The van der Waals surface area contributed by atoms with Gasteiger partial charge in [-0.1, -0.05) is 15.9 Å². The Hall–Kier alpha value is 0.300. The van der Waals surface area contributed by atoms with Crippen molar-refractivity contribution in [1.82, 2.24) is 5.32 Å². The molecule has 4 heteroatoms. The minimum Gasteiger partial charge on any atom is -0.352 e. The van der Waals surface area contributed by atoms with Gasteiger partial charge in [0.15, 0.2) is 0 Å². The van der Waals surface area contributed by atoms with Crippen LogP contribution < -0.4 is 5.32 Å². The normalized spacial score (nSPS) is 32.1. The van der Waals surface area contributed by atoms with Crippen molar-refractivity contribution in [1.29, 1.82) is 0 Å². The Morgan fingerprint density at radius 1 is 1.54 bits per heavy atom. The lowest BCUT2D eigenvalue weighted by molar-refractivity contribution is -0.128. The number of alkyl halides is 1. The van der Waals surface area contributed by atoms with E-state index in [1.165, 1.54) is 0 Å². The maximum absolute atomic E-state index is 11.8. The van der Waals surface area contributed by atoms with Gasteiger partial charge in [-0.05, 0) is 30.8 Å². The summed E-state index contributed by atoms with van der Waals surface area (Å²) in [5.41, 5.74) is 0.00366. The van der Waals surface area contributed by atoms with Crippen LogP contribution in [0.4, 0.5) is 0 Å². The Bertz CT molecular complexity index is 216. The highest BCUT2D eigenvalue weighted by Crippen LogP contribution is 2.42. The molecule has 2 fully saturated rings. The van der Waals surface area contributed by atoms with Crippen LogP contribution in [0.15, 0.2) is 0 Å². The molecule has 2 heterocycles. The van der Waals surface area contributed by atoms with Crippen molar-refractivity contribution < 1.29 is 4.79 Å². The van der Waals surface area contributed by atoms with Crippen molar-refractivity contribution in [2.75, 3.05) is 16.8 Å². The summed E-state index contributed by atoms with van der Waals surface area (Å²) in [4.78, 5) is 11.8. The molecule has 2 nitrogen and oxygen atoms in total. The Kier molecular flexibility index (Phi) is 2.88. The topological polar surface area (TPSA) is 29.1 Å². The van der Waals surface area contributed by atoms with E-state index in [2.05, 4.69) is 21.2 Å². The summed E-state index contributed by atoms with van der Waals surface area (Å²) in [6, 6.07) is 0.371. The first-order valence-corrected chi connectivity index (χ1v) is 6.99. The zero-order valence-corrected chi connectivity index (χ0v) is 9.92. The van der Waals surface area contributed by atoms with Gasteiger partial charge in [0, 0.05) is 11.4 Å². The Labute approximate surface area is 91.3 Å². The van der Waals surface area contributed by atoms with Crippen LogP contribution in [0, 0.1) is 5.41 Å². The summed E-state index contributed by atoms with van der Waals surface area (Å²) in [5, 5.41) is 3.97. The molecule has 2 aliphatic rings. The standard InChI is InChI=1S/C9H14BrNOS/c10-6-7-5-9(8(12)11-7)1-3-13-4-2-9/h7H,1-6H2,(H,11,12). The van der Waals surface area contributed by atoms with Crippen molar-refractivity contribution in [2.24, 2.45) is 5.41 Å². The van der Waals surface area contributed by atoms with Gasteiger partial charge in [-0.3, -0.25) is 4.79 Å². The van der Waals surface area contributed by atoms with Gasteiger partial charge < -0.3 is 5.32 Å². The van der Waals surface area contributed by atoms with Crippen LogP contribution in [0.1, 0.15) is 19.3 Å². The van der Waals surface area contributed by atoms with E-state index in [0.29, 0.717) is 11.9 Å².